The van der Waals surface area contributed by atoms with Crippen molar-refractivity contribution in [3.8, 4) is 0 Å². The average Bonchev–Trinajstić information content (AvgIpc) is 3.48. The van der Waals surface area contributed by atoms with Crippen LogP contribution in [-0.2, 0) is 17.6 Å². The van der Waals surface area contributed by atoms with Gasteiger partial charge in [0.25, 0.3) is 5.92 Å². The zero-order chi connectivity index (χ0) is 21.9. The average molecular weight is 473 g/mol. The maximum Gasteiger partial charge on any atom is 0.267 e. The summed E-state index contributed by atoms with van der Waals surface area (Å²) in [5.74, 6) is -2.44. The van der Waals surface area contributed by atoms with Crippen LogP contribution in [0, 0.1) is 5.92 Å². The Morgan fingerprint density at radius 3 is 3.03 bits per heavy atom. The van der Waals surface area contributed by atoms with E-state index in [9.17, 15) is 13.6 Å². The maximum absolute atomic E-state index is 13.6. The van der Waals surface area contributed by atoms with Crippen LogP contribution in [0.25, 0.3) is 20.4 Å². The van der Waals surface area contributed by atoms with Crippen LogP contribution in [0.3, 0.4) is 0 Å². The van der Waals surface area contributed by atoms with E-state index in [-0.39, 0.29) is 24.8 Å². The zero-order valence-electron chi connectivity index (χ0n) is 16.8. The zero-order valence-corrected chi connectivity index (χ0v) is 18.5. The molecule has 7 nitrogen and oxygen atoms in total. The summed E-state index contributed by atoms with van der Waals surface area (Å²) in [7, 11) is 0. The van der Waals surface area contributed by atoms with Gasteiger partial charge in [-0.25, -0.2) is 18.7 Å². The molecule has 164 valence electrons. The van der Waals surface area contributed by atoms with E-state index in [0.717, 1.165) is 42.4 Å². The molecule has 0 unspecified atom stereocenters. The molecule has 0 spiro atoms. The number of nitrogens with one attached hydrogen (secondary N) is 1. The normalized spacial score (nSPS) is 20.1. The van der Waals surface area contributed by atoms with Crippen molar-refractivity contribution in [2.24, 2.45) is 5.92 Å². The van der Waals surface area contributed by atoms with Crippen LogP contribution in [0.4, 0.5) is 20.3 Å². The molecule has 1 aliphatic heterocycles. The van der Waals surface area contributed by atoms with E-state index in [0.29, 0.717) is 19.3 Å². The van der Waals surface area contributed by atoms with Crippen molar-refractivity contribution >= 4 is 60.7 Å². The van der Waals surface area contributed by atoms with Crippen LogP contribution in [0.15, 0.2) is 24.5 Å². The Hall–Kier alpha value is -2.79. The summed E-state index contributed by atoms with van der Waals surface area (Å²) in [6.07, 6.45) is 3.21. The number of hydrogen-bond donors (Lipinski definition) is 1. The monoisotopic (exact) mass is 472 g/mol. The van der Waals surface area contributed by atoms with Crippen molar-refractivity contribution in [3.63, 3.8) is 0 Å². The van der Waals surface area contributed by atoms with E-state index in [1.54, 1.807) is 11.3 Å². The minimum Gasteiger partial charge on any atom is -0.340 e. The lowest BCUT2D eigenvalue weighted by Gasteiger charge is -2.26. The second kappa shape index (κ2) is 7.38. The first-order valence-corrected chi connectivity index (χ1v) is 12.0. The fraction of sp³-hybridized carbons (Fsp3) is 0.381. The maximum atomic E-state index is 13.6. The lowest BCUT2D eigenvalue weighted by atomic mass is 9.87. The number of thiophene rings is 1. The number of benzene rings is 1. The Morgan fingerprint density at radius 2 is 2.19 bits per heavy atom. The quantitative estimate of drug-likeness (QED) is 0.476. The lowest BCUT2D eigenvalue weighted by molar-refractivity contribution is -0.136. The number of amides is 1. The van der Waals surface area contributed by atoms with Crippen molar-refractivity contribution in [1.82, 2.24) is 24.5 Å². The van der Waals surface area contributed by atoms with Gasteiger partial charge in [0.05, 0.1) is 16.6 Å². The third kappa shape index (κ3) is 3.39. The molecule has 1 fully saturated rings. The van der Waals surface area contributed by atoms with Crippen molar-refractivity contribution in [1.29, 1.82) is 0 Å². The number of halogens is 2. The minimum absolute atomic E-state index is 0.140. The predicted molar refractivity (Wildman–Crippen MR) is 120 cm³/mol. The first-order valence-electron chi connectivity index (χ1n) is 10.4. The molecule has 1 atom stereocenters. The predicted octanol–water partition coefficient (Wildman–Crippen LogP) is 4.41. The molecule has 0 radical (unpaired) electrons. The topological polar surface area (TPSA) is 83.9 Å². The second-order valence-electron chi connectivity index (χ2n) is 8.29. The summed E-state index contributed by atoms with van der Waals surface area (Å²) < 4.78 is 32.1. The fourth-order valence-corrected chi connectivity index (χ4v) is 6.46. The number of alkyl halides is 2. The van der Waals surface area contributed by atoms with Crippen molar-refractivity contribution < 1.29 is 13.6 Å². The highest BCUT2D eigenvalue weighted by atomic mass is 32.1. The summed E-state index contributed by atoms with van der Waals surface area (Å²) >= 11 is 2.90. The van der Waals surface area contributed by atoms with E-state index in [2.05, 4.69) is 24.9 Å². The summed E-state index contributed by atoms with van der Waals surface area (Å²) in [4.78, 5) is 25.1. The molecule has 0 saturated carbocycles. The van der Waals surface area contributed by atoms with Crippen LogP contribution in [0.5, 0.6) is 0 Å². The van der Waals surface area contributed by atoms with E-state index >= 15 is 0 Å². The van der Waals surface area contributed by atoms with Crippen molar-refractivity contribution in [3.05, 3.63) is 35.0 Å². The molecule has 32 heavy (non-hydrogen) atoms. The molecule has 11 heteroatoms. The highest BCUT2D eigenvalue weighted by molar-refractivity contribution is 7.19. The van der Waals surface area contributed by atoms with Crippen molar-refractivity contribution in [2.45, 2.75) is 31.6 Å². The Labute approximate surface area is 189 Å². The Balaban J connectivity index is 1.28. The van der Waals surface area contributed by atoms with Crippen LogP contribution in [0.2, 0.25) is 0 Å². The first kappa shape index (κ1) is 19.9. The van der Waals surface area contributed by atoms with Crippen LogP contribution >= 0.6 is 22.9 Å². The van der Waals surface area contributed by atoms with Crippen molar-refractivity contribution in [2.75, 3.05) is 18.4 Å². The molecular formula is C21H18F2N6OS2. The molecule has 1 saturated heterocycles. The highest BCUT2D eigenvalue weighted by Crippen LogP contribution is 2.41. The number of rotatable bonds is 3. The summed E-state index contributed by atoms with van der Waals surface area (Å²) in [5, 5.41) is 8.45. The summed E-state index contributed by atoms with van der Waals surface area (Å²) in [6.45, 7) is -0.318. The summed E-state index contributed by atoms with van der Waals surface area (Å²) in [5.41, 5.74) is 2.90. The standard InChI is InChI=1S/C21H18F2N6OS2/c22-21(23)5-6-29(9-21)20(30)11-1-3-13-15(7-11)31-19-17(13)18(24-10-25-19)26-12-2-4-14-16(8-12)32-28-27-14/h2,4,8,10-11H,1,3,5-7,9H2,(H,24,25,26)/t11-/m0/s1. The van der Waals surface area contributed by atoms with Crippen LogP contribution < -0.4 is 5.32 Å². The van der Waals surface area contributed by atoms with E-state index in [1.807, 2.05) is 18.2 Å². The van der Waals surface area contributed by atoms with Gasteiger partial charge in [-0.2, -0.15) is 0 Å². The molecule has 0 bridgehead atoms. The molecular weight excluding hydrogens is 454 g/mol. The van der Waals surface area contributed by atoms with Gasteiger partial charge >= 0.3 is 0 Å². The fourth-order valence-electron chi connectivity index (χ4n) is 4.59. The Bertz CT molecular complexity index is 1350. The number of fused-ring (bicyclic) bond motifs is 4. The van der Waals surface area contributed by atoms with E-state index in [1.165, 1.54) is 22.8 Å². The molecule has 1 amide bonds. The third-order valence-corrected chi connectivity index (χ3v) is 8.04. The van der Waals surface area contributed by atoms with Gasteiger partial charge in [-0.15, -0.1) is 16.4 Å². The van der Waals surface area contributed by atoms with E-state index < -0.39 is 12.5 Å². The number of hydrogen-bond acceptors (Lipinski definition) is 8. The van der Waals surface area contributed by atoms with Gasteiger partial charge in [-0.05, 0) is 54.6 Å². The first-order chi connectivity index (χ1) is 15.5. The smallest absolute Gasteiger partial charge is 0.267 e. The van der Waals surface area contributed by atoms with Gasteiger partial charge in [0, 0.05) is 29.4 Å². The number of aryl methyl sites for hydroxylation is 1. The van der Waals surface area contributed by atoms with Gasteiger partial charge < -0.3 is 10.2 Å². The Kier molecular flexibility index (Phi) is 4.58. The van der Waals surface area contributed by atoms with Gasteiger partial charge in [0.15, 0.2) is 0 Å². The molecule has 1 aromatic carbocycles. The molecule has 3 aromatic heterocycles. The molecule has 2 aliphatic rings. The highest BCUT2D eigenvalue weighted by Gasteiger charge is 2.42. The Morgan fingerprint density at radius 1 is 1.28 bits per heavy atom. The number of likely N-dealkylation sites (tertiary alicyclic amines) is 1. The van der Waals surface area contributed by atoms with E-state index in [4.69, 9.17) is 0 Å². The van der Waals surface area contributed by atoms with Gasteiger partial charge in [-0.3, -0.25) is 4.79 Å². The van der Waals surface area contributed by atoms with Gasteiger partial charge in [0.2, 0.25) is 5.91 Å². The van der Waals surface area contributed by atoms with Crippen LogP contribution in [-0.4, -0.2) is 49.4 Å². The number of nitrogens with zero attached hydrogens (tertiary/aromatic N) is 5. The van der Waals surface area contributed by atoms with Crippen LogP contribution in [0.1, 0.15) is 23.3 Å². The molecule has 4 heterocycles. The molecule has 1 N–H and O–H groups in total. The van der Waals surface area contributed by atoms with Gasteiger partial charge in [0.1, 0.15) is 22.5 Å². The summed E-state index contributed by atoms with van der Waals surface area (Å²) in [6, 6.07) is 5.85. The largest absolute Gasteiger partial charge is 0.340 e. The SMILES string of the molecule is O=C([C@H]1CCc2c(sc3ncnc(Nc4ccc5nnsc5c4)c23)C1)N1CCC(F)(F)C1. The second-order valence-corrected chi connectivity index (χ2v) is 10.2. The van der Waals surface area contributed by atoms with Gasteiger partial charge in [-0.1, -0.05) is 4.49 Å². The third-order valence-electron chi connectivity index (χ3n) is 6.19. The number of aromatic nitrogens is 4. The lowest BCUT2D eigenvalue weighted by Crippen LogP contribution is -2.38. The molecule has 1 aliphatic carbocycles. The molecule has 6 rings (SSSR count). The minimum atomic E-state index is -2.76. The number of carbonyl (C=O) groups excluding carboxylic acids is 1. The molecule has 4 aromatic rings. The number of anilines is 2. The number of carbonyl (C=O) groups is 1.